The number of halogens is 1. The van der Waals surface area contributed by atoms with E-state index in [9.17, 15) is 14.7 Å². The molecule has 2 heterocycles. The lowest BCUT2D eigenvalue weighted by molar-refractivity contribution is -0.0890. The third-order valence-electron chi connectivity index (χ3n) is 5.42. The highest BCUT2D eigenvalue weighted by Gasteiger charge is 2.39. The molecule has 7 nitrogen and oxygen atoms in total. The Morgan fingerprint density at radius 2 is 2.14 bits per heavy atom. The van der Waals surface area contributed by atoms with Crippen LogP contribution in [-0.4, -0.2) is 31.7 Å². The summed E-state index contributed by atoms with van der Waals surface area (Å²) < 4.78 is 12.6. The molecule has 2 aromatic rings. The van der Waals surface area contributed by atoms with Gasteiger partial charge in [0, 0.05) is 10.1 Å². The second-order valence-electron chi connectivity index (χ2n) is 7.04. The average molecular weight is 511 g/mol. The second-order valence-corrected chi connectivity index (χ2v) is 8.96. The Bertz CT molecular complexity index is 1010. The Balaban J connectivity index is 1.91. The number of ether oxygens (including phenoxy) is 1. The van der Waals surface area contributed by atoms with Gasteiger partial charge < -0.3 is 15.2 Å². The number of benzene rings is 1. The van der Waals surface area contributed by atoms with E-state index in [-0.39, 0.29) is 33.0 Å². The first kappa shape index (κ1) is 21.6. The van der Waals surface area contributed by atoms with E-state index < -0.39 is 22.8 Å². The third kappa shape index (κ3) is 4.00. The van der Waals surface area contributed by atoms with Gasteiger partial charge in [0.15, 0.2) is 5.69 Å². The summed E-state index contributed by atoms with van der Waals surface area (Å²) in [5.41, 5.74) is 0.500. The molecule has 0 radical (unpaired) electrons. The predicted octanol–water partition coefficient (Wildman–Crippen LogP) is 2.81. The highest BCUT2D eigenvalue weighted by Crippen LogP contribution is 2.34. The second kappa shape index (κ2) is 8.74. The Morgan fingerprint density at radius 3 is 2.76 bits per heavy atom. The summed E-state index contributed by atoms with van der Waals surface area (Å²) in [6.45, 7) is 6.89. The first-order chi connectivity index (χ1) is 13.9. The zero-order chi connectivity index (χ0) is 21.2. The van der Waals surface area contributed by atoms with Crippen molar-refractivity contribution in [2.24, 2.45) is 0 Å². The molecule has 0 spiro atoms. The van der Waals surface area contributed by atoms with Crippen molar-refractivity contribution < 1.29 is 14.6 Å². The molecule has 1 aliphatic rings. The summed E-state index contributed by atoms with van der Waals surface area (Å²) in [4.78, 5) is 29.8. The quantitative estimate of drug-likeness (QED) is 0.582. The number of hydrogen-bond acceptors (Lipinski definition) is 5. The van der Waals surface area contributed by atoms with Gasteiger partial charge in [-0.25, -0.2) is 4.98 Å². The first-order valence-electron chi connectivity index (χ1n) is 9.61. The maximum Gasteiger partial charge on any atom is 0.296 e. The molecular formula is C21H26IN3O4. The number of amides is 1. The van der Waals surface area contributed by atoms with E-state index in [1.54, 1.807) is 0 Å². The van der Waals surface area contributed by atoms with Gasteiger partial charge in [-0.3, -0.25) is 14.2 Å². The van der Waals surface area contributed by atoms with Gasteiger partial charge in [0.25, 0.3) is 11.5 Å². The van der Waals surface area contributed by atoms with Gasteiger partial charge in [-0.1, -0.05) is 51.2 Å². The van der Waals surface area contributed by atoms with Crippen molar-refractivity contribution in [3.05, 3.63) is 54.8 Å². The Hall–Kier alpha value is -2.07. The van der Waals surface area contributed by atoms with Gasteiger partial charge in [-0.15, -0.1) is 0 Å². The maximum absolute atomic E-state index is 12.7. The summed E-state index contributed by atoms with van der Waals surface area (Å²) in [5.74, 6) is -0.801. The Labute approximate surface area is 179 Å². The van der Waals surface area contributed by atoms with Crippen LogP contribution >= 0.6 is 20.7 Å². The molecule has 8 heteroatoms. The minimum Gasteiger partial charge on any atom is -0.501 e. The molecular weight excluding hydrogens is 485 g/mol. The lowest BCUT2D eigenvalue weighted by Gasteiger charge is -2.37. The molecule has 1 aliphatic heterocycles. The number of nitrogens with one attached hydrogen (secondary N) is 1. The number of hydrogen-bond donors (Lipinski definition) is 2. The molecule has 29 heavy (non-hydrogen) atoms. The molecule has 2 N–H and O–H groups in total. The average Bonchev–Trinajstić information content (AvgIpc) is 2.74. The zero-order valence-electron chi connectivity index (χ0n) is 16.9. The van der Waals surface area contributed by atoms with Crippen LogP contribution in [0.3, 0.4) is 0 Å². The van der Waals surface area contributed by atoms with Crippen LogP contribution in [0.4, 0.5) is 0 Å². The zero-order valence-corrected chi connectivity index (χ0v) is 19.1. The van der Waals surface area contributed by atoms with Crippen molar-refractivity contribution in [3.8, 4) is 5.75 Å². The van der Waals surface area contributed by atoms with Crippen molar-refractivity contribution in [1.29, 1.82) is 0 Å². The summed E-state index contributed by atoms with van der Waals surface area (Å²) in [7, 11) is 0. The van der Waals surface area contributed by atoms with Crippen molar-refractivity contribution in [3.63, 3.8) is 0 Å². The van der Waals surface area contributed by atoms with Crippen molar-refractivity contribution in [1.82, 2.24) is 14.9 Å². The van der Waals surface area contributed by atoms with Crippen LogP contribution in [-0.2, 0) is 23.4 Å². The van der Waals surface area contributed by atoms with Gasteiger partial charge >= 0.3 is 0 Å². The van der Waals surface area contributed by atoms with Gasteiger partial charge in [-0.2, -0.15) is 0 Å². The first-order valence-corrected chi connectivity index (χ1v) is 12.2. The van der Waals surface area contributed by atoms with E-state index in [1.165, 1.54) is 8.14 Å². The molecule has 0 saturated carbocycles. The minimum atomic E-state index is -0.732. The normalized spacial score (nSPS) is 15.0. The fourth-order valence-electron chi connectivity index (χ4n) is 3.66. The van der Waals surface area contributed by atoms with E-state index >= 15 is 0 Å². The maximum atomic E-state index is 12.7. The molecule has 156 valence electrons. The number of carbonyl (C=O) groups excluding carboxylic acids is 1. The summed E-state index contributed by atoms with van der Waals surface area (Å²) in [5, 5.41) is 13.1. The number of aromatic nitrogens is 2. The molecule has 1 amide bonds. The molecule has 0 aliphatic carbocycles. The van der Waals surface area contributed by atoms with E-state index in [4.69, 9.17) is 4.74 Å². The number of carbonyl (C=O) groups is 1. The predicted molar refractivity (Wildman–Crippen MR) is 121 cm³/mol. The third-order valence-corrected chi connectivity index (χ3v) is 7.46. The summed E-state index contributed by atoms with van der Waals surface area (Å²) >= 11 is -0.240. The van der Waals surface area contributed by atoms with Crippen molar-refractivity contribution in [2.75, 3.05) is 6.61 Å². The minimum absolute atomic E-state index is 0.240. The standard InChI is InChI=1S/C21H26IN3O4/c1-5-21(6-2)20-24-16(17(26)19(28)25(20)9-10-29-21)18(27)23-12-14-7-8-15(22-4)13(3)11-14/h7-8,11,26H,4-6,9-10,12H2,1-3H3,(H,23,27). The van der Waals surface area contributed by atoms with E-state index in [1.807, 2.05) is 39.0 Å². The molecule has 0 bridgehead atoms. The van der Waals surface area contributed by atoms with Gasteiger partial charge in [0.05, 0.1) is 13.2 Å². The van der Waals surface area contributed by atoms with Crippen LogP contribution in [0.25, 0.3) is 0 Å². The van der Waals surface area contributed by atoms with Crippen LogP contribution < -0.4 is 10.9 Å². The highest BCUT2D eigenvalue weighted by atomic mass is 127. The molecule has 0 fully saturated rings. The molecule has 1 aromatic heterocycles. The monoisotopic (exact) mass is 511 g/mol. The van der Waals surface area contributed by atoms with Crippen LogP contribution in [0.2, 0.25) is 0 Å². The fourth-order valence-corrected chi connectivity index (χ4v) is 4.85. The van der Waals surface area contributed by atoms with Crippen molar-refractivity contribution >= 4 is 31.2 Å². The molecule has 0 saturated heterocycles. The Morgan fingerprint density at radius 1 is 1.41 bits per heavy atom. The van der Waals surface area contributed by atoms with Gasteiger partial charge in [0.2, 0.25) is 5.75 Å². The van der Waals surface area contributed by atoms with E-state index in [2.05, 4.69) is 14.8 Å². The van der Waals surface area contributed by atoms with Crippen LogP contribution in [0, 0.1) is 10.5 Å². The molecule has 0 unspecified atom stereocenters. The molecule has 3 rings (SSSR count). The van der Waals surface area contributed by atoms with E-state index in [0.717, 1.165) is 11.1 Å². The topological polar surface area (TPSA) is 93.5 Å². The lowest BCUT2D eigenvalue weighted by Crippen LogP contribution is -2.44. The van der Waals surface area contributed by atoms with Crippen molar-refractivity contribution in [2.45, 2.75) is 52.3 Å². The SMILES string of the molecule is C=Ic1ccc(CNC(=O)c2nc3n(c(=O)c2O)CCOC3(CC)CC)cc1C. The number of rotatable bonds is 6. The van der Waals surface area contributed by atoms with Crippen LogP contribution in [0.5, 0.6) is 5.75 Å². The summed E-state index contributed by atoms with van der Waals surface area (Å²) in [6.07, 6.45) is 1.23. The number of nitrogens with zero attached hydrogens (tertiary/aromatic N) is 2. The number of aromatic hydroxyl groups is 1. The molecule has 0 atom stereocenters. The number of fused-ring (bicyclic) bond motifs is 1. The Kier molecular flexibility index (Phi) is 6.52. The number of aryl methyl sites for hydroxylation is 1. The van der Waals surface area contributed by atoms with Gasteiger partial charge in [0.1, 0.15) is 11.4 Å². The highest BCUT2D eigenvalue weighted by molar-refractivity contribution is 14.2. The van der Waals surface area contributed by atoms with E-state index in [0.29, 0.717) is 31.8 Å². The van der Waals surface area contributed by atoms with Crippen LogP contribution in [0.1, 0.15) is 54.1 Å². The lowest BCUT2D eigenvalue weighted by atomic mass is 9.94. The largest absolute Gasteiger partial charge is 0.501 e. The van der Waals surface area contributed by atoms with Crippen LogP contribution in [0.15, 0.2) is 23.0 Å². The molecule has 1 aromatic carbocycles. The fraction of sp³-hybridized carbons (Fsp3) is 0.429. The summed E-state index contributed by atoms with van der Waals surface area (Å²) in [6, 6.07) is 6.00. The van der Waals surface area contributed by atoms with Gasteiger partial charge in [-0.05, 0) is 37.0 Å². The smallest absolute Gasteiger partial charge is 0.296 e.